The minimum Gasteiger partial charge on any atom is -0.382 e. The largest absolute Gasteiger partial charge is 0.382 e. The van der Waals surface area contributed by atoms with E-state index >= 15 is 0 Å². The van der Waals surface area contributed by atoms with Gasteiger partial charge in [-0.15, -0.1) is 0 Å². The standard InChI is InChI=1S/C33H35N7O/c34-31-30-29(25-7-6-22-10-13-27(37-28(22)20-25)21-4-2-1-3-5-21)38-33(40(30)19-16-36-31)24-8-11-26(12-9-24)39-17-14-23(15-18-39)32(35)41/h1-7,10,13,16,19-20,23-24,26H,8-9,11-12,14-15,17-18H2,(H2,34,36)(H2,35,41). The van der Waals surface area contributed by atoms with E-state index in [1.54, 1.807) is 6.20 Å². The van der Waals surface area contributed by atoms with Gasteiger partial charge in [-0.25, -0.2) is 15.0 Å². The summed E-state index contributed by atoms with van der Waals surface area (Å²) in [6.45, 7) is 1.92. The number of hydrogen-bond donors (Lipinski definition) is 2. The lowest BCUT2D eigenvalue weighted by Crippen LogP contribution is -2.45. The molecule has 3 aromatic heterocycles. The first-order valence-corrected chi connectivity index (χ1v) is 14.7. The molecule has 41 heavy (non-hydrogen) atoms. The van der Waals surface area contributed by atoms with Gasteiger partial charge in [0.2, 0.25) is 5.91 Å². The zero-order valence-corrected chi connectivity index (χ0v) is 23.1. The van der Waals surface area contributed by atoms with Crippen LogP contribution >= 0.6 is 0 Å². The predicted molar refractivity (Wildman–Crippen MR) is 162 cm³/mol. The second kappa shape index (κ2) is 10.6. The Morgan fingerprint density at radius 1 is 0.854 bits per heavy atom. The highest BCUT2D eigenvalue weighted by Gasteiger charge is 2.32. The van der Waals surface area contributed by atoms with Gasteiger partial charge in [-0.1, -0.05) is 48.5 Å². The van der Waals surface area contributed by atoms with E-state index in [2.05, 4.69) is 56.7 Å². The third kappa shape index (κ3) is 4.82. The van der Waals surface area contributed by atoms with Crippen LogP contribution in [-0.4, -0.2) is 49.3 Å². The van der Waals surface area contributed by atoms with E-state index in [0.29, 0.717) is 17.8 Å². The summed E-state index contributed by atoms with van der Waals surface area (Å²) in [5.74, 6) is 1.77. The number of nitrogens with two attached hydrogens (primary N) is 2. The Bertz CT molecular complexity index is 1710. The van der Waals surface area contributed by atoms with Crippen LogP contribution in [0.5, 0.6) is 0 Å². The van der Waals surface area contributed by atoms with Crippen molar-refractivity contribution in [3.8, 4) is 22.5 Å². The Labute approximate surface area is 239 Å². The fourth-order valence-corrected chi connectivity index (χ4v) is 6.86. The number of aromatic nitrogens is 4. The molecule has 208 valence electrons. The molecule has 2 fully saturated rings. The number of nitrogens with zero attached hydrogens (tertiary/aromatic N) is 5. The molecular formula is C33H35N7O. The number of anilines is 1. The van der Waals surface area contributed by atoms with Crippen LogP contribution < -0.4 is 11.5 Å². The van der Waals surface area contributed by atoms with E-state index in [4.69, 9.17) is 21.4 Å². The molecule has 2 aliphatic rings. The zero-order valence-electron chi connectivity index (χ0n) is 23.1. The third-order valence-corrected chi connectivity index (χ3v) is 9.16. The monoisotopic (exact) mass is 545 g/mol. The topological polar surface area (TPSA) is 115 Å². The van der Waals surface area contributed by atoms with Crippen LogP contribution in [0.2, 0.25) is 0 Å². The molecule has 4 heterocycles. The Balaban J connectivity index is 1.18. The molecule has 0 spiro atoms. The van der Waals surface area contributed by atoms with Crippen LogP contribution in [0.1, 0.15) is 50.3 Å². The molecular weight excluding hydrogens is 510 g/mol. The normalized spacial score (nSPS) is 20.5. The highest BCUT2D eigenvalue weighted by Crippen LogP contribution is 2.39. The lowest BCUT2D eigenvalue weighted by atomic mass is 9.83. The second-order valence-corrected chi connectivity index (χ2v) is 11.5. The van der Waals surface area contributed by atoms with Crippen molar-refractivity contribution in [2.24, 2.45) is 11.7 Å². The Morgan fingerprint density at radius 2 is 1.61 bits per heavy atom. The maximum Gasteiger partial charge on any atom is 0.220 e. The average molecular weight is 546 g/mol. The SMILES string of the molecule is NC(=O)C1CCN(C2CCC(c3nc(-c4ccc5ccc(-c6ccccc6)nc5c4)c4c(N)nccn34)CC2)CC1. The molecule has 5 aromatic rings. The zero-order chi connectivity index (χ0) is 27.9. The lowest BCUT2D eigenvalue weighted by Gasteiger charge is -2.40. The lowest BCUT2D eigenvalue weighted by molar-refractivity contribution is -0.123. The first-order valence-electron chi connectivity index (χ1n) is 14.7. The number of primary amides is 1. The van der Waals surface area contributed by atoms with Gasteiger partial charge in [0.25, 0.3) is 0 Å². The smallest absolute Gasteiger partial charge is 0.220 e. The second-order valence-electron chi connectivity index (χ2n) is 11.5. The van der Waals surface area contributed by atoms with E-state index in [1.165, 1.54) is 0 Å². The number of likely N-dealkylation sites (tertiary alicyclic amines) is 1. The van der Waals surface area contributed by atoms with Crippen molar-refractivity contribution in [1.29, 1.82) is 0 Å². The van der Waals surface area contributed by atoms with E-state index in [1.807, 2.05) is 24.4 Å². The molecule has 0 atom stereocenters. The number of rotatable bonds is 5. The molecule has 0 bridgehead atoms. The van der Waals surface area contributed by atoms with Crippen molar-refractivity contribution >= 4 is 28.1 Å². The van der Waals surface area contributed by atoms with Crippen LogP contribution in [0.4, 0.5) is 5.82 Å². The molecule has 1 aliphatic heterocycles. The summed E-state index contributed by atoms with van der Waals surface area (Å²) in [4.78, 5) is 28.8. The van der Waals surface area contributed by atoms with Crippen LogP contribution in [0, 0.1) is 5.92 Å². The van der Waals surface area contributed by atoms with E-state index in [9.17, 15) is 4.79 Å². The van der Waals surface area contributed by atoms with E-state index < -0.39 is 0 Å². The van der Waals surface area contributed by atoms with Gasteiger partial charge in [0, 0.05) is 46.8 Å². The van der Waals surface area contributed by atoms with Gasteiger partial charge in [-0.05, 0) is 63.7 Å². The van der Waals surface area contributed by atoms with Crippen LogP contribution in [0.25, 0.3) is 38.9 Å². The summed E-state index contributed by atoms with van der Waals surface area (Å²) in [6, 6.07) is 21.3. The summed E-state index contributed by atoms with van der Waals surface area (Å²) in [7, 11) is 0. The highest BCUT2D eigenvalue weighted by molar-refractivity contribution is 5.91. The highest BCUT2D eigenvalue weighted by atomic mass is 16.1. The maximum atomic E-state index is 11.6. The number of nitrogen functional groups attached to an aromatic ring is 1. The molecule has 2 aromatic carbocycles. The molecule has 8 heteroatoms. The van der Waals surface area contributed by atoms with Crippen molar-refractivity contribution in [2.75, 3.05) is 18.8 Å². The van der Waals surface area contributed by atoms with Crippen molar-refractivity contribution in [3.63, 3.8) is 0 Å². The van der Waals surface area contributed by atoms with E-state index in [-0.39, 0.29) is 11.8 Å². The first kappa shape index (κ1) is 25.7. The van der Waals surface area contributed by atoms with Gasteiger partial charge in [0.15, 0.2) is 0 Å². The number of piperidine rings is 1. The first-order chi connectivity index (χ1) is 20.0. The molecule has 0 unspecified atom stereocenters. The summed E-state index contributed by atoms with van der Waals surface area (Å²) in [5, 5.41) is 1.08. The number of fused-ring (bicyclic) bond motifs is 2. The molecule has 8 nitrogen and oxygen atoms in total. The van der Waals surface area contributed by atoms with Crippen LogP contribution in [0.3, 0.4) is 0 Å². The average Bonchev–Trinajstić information content (AvgIpc) is 3.42. The molecule has 1 saturated heterocycles. The van der Waals surface area contributed by atoms with Crippen LogP contribution in [-0.2, 0) is 4.79 Å². The minimum atomic E-state index is -0.150. The Hall–Kier alpha value is -4.30. The van der Waals surface area contributed by atoms with Crippen molar-refractivity contribution < 1.29 is 4.79 Å². The fourth-order valence-electron chi connectivity index (χ4n) is 6.86. The number of carbonyl (C=O) groups excluding carboxylic acids is 1. The van der Waals surface area contributed by atoms with Gasteiger partial charge in [0.05, 0.1) is 11.2 Å². The molecule has 1 aliphatic carbocycles. The third-order valence-electron chi connectivity index (χ3n) is 9.16. The quantitative estimate of drug-likeness (QED) is 0.305. The summed E-state index contributed by atoms with van der Waals surface area (Å²) < 4.78 is 2.15. The maximum absolute atomic E-state index is 11.6. The number of imidazole rings is 1. The predicted octanol–water partition coefficient (Wildman–Crippen LogP) is 5.42. The molecule has 0 radical (unpaired) electrons. The van der Waals surface area contributed by atoms with Gasteiger partial charge < -0.3 is 16.4 Å². The van der Waals surface area contributed by atoms with E-state index in [0.717, 1.165) is 96.4 Å². The number of carbonyl (C=O) groups is 1. The molecule has 1 amide bonds. The number of benzene rings is 2. The van der Waals surface area contributed by atoms with Crippen LogP contribution in [0.15, 0.2) is 73.1 Å². The number of pyridine rings is 1. The Kier molecular flexibility index (Phi) is 6.63. The van der Waals surface area contributed by atoms with Gasteiger partial charge in [-0.3, -0.25) is 9.20 Å². The molecule has 1 saturated carbocycles. The van der Waals surface area contributed by atoms with Gasteiger partial charge in [-0.2, -0.15) is 0 Å². The minimum absolute atomic E-state index is 0.0339. The summed E-state index contributed by atoms with van der Waals surface area (Å²) in [6.07, 6.45) is 9.90. The van der Waals surface area contributed by atoms with Gasteiger partial charge >= 0.3 is 0 Å². The van der Waals surface area contributed by atoms with Crippen molar-refractivity contribution in [2.45, 2.75) is 50.5 Å². The van der Waals surface area contributed by atoms with Crippen molar-refractivity contribution in [3.05, 3.63) is 78.9 Å². The Morgan fingerprint density at radius 3 is 2.37 bits per heavy atom. The number of amides is 1. The fraction of sp³-hybridized carbons (Fsp3) is 0.333. The molecule has 7 rings (SSSR count). The van der Waals surface area contributed by atoms with Crippen molar-refractivity contribution in [1.82, 2.24) is 24.3 Å². The molecule has 4 N–H and O–H groups in total. The summed E-state index contributed by atoms with van der Waals surface area (Å²) >= 11 is 0. The number of hydrogen-bond acceptors (Lipinski definition) is 6. The van der Waals surface area contributed by atoms with Gasteiger partial charge in [0.1, 0.15) is 22.9 Å². The summed E-state index contributed by atoms with van der Waals surface area (Å²) in [5.41, 5.74) is 17.7.